The number of ether oxygens (including phenoxy) is 2. The summed E-state index contributed by atoms with van der Waals surface area (Å²) >= 11 is 0. The summed E-state index contributed by atoms with van der Waals surface area (Å²) in [6, 6.07) is 0. The van der Waals surface area contributed by atoms with Crippen LogP contribution in [0.3, 0.4) is 0 Å². The van der Waals surface area contributed by atoms with Crippen molar-refractivity contribution >= 4 is 35.7 Å². The number of esters is 2. The van der Waals surface area contributed by atoms with Gasteiger partial charge in [0.2, 0.25) is 5.52 Å². The van der Waals surface area contributed by atoms with Gasteiger partial charge in [-0.1, -0.05) is 13.2 Å². The molecule has 0 fully saturated rings. The molecule has 13 nitrogen and oxygen atoms in total. The normalized spacial score (nSPS) is 11.9. The van der Waals surface area contributed by atoms with Crippen molar-refractivity contribution in [1.82, 2.24) is 0 Å². The zero-order valence-electron chi connectivity index (χ0n) is 23.0. The van der Waals surface area contributed by atoms with Crippen LogP contribution < -0.4 is 0 Å². The molecule has 220 valence electrons. The van der Waals surface area contributed by atoms with Gasteiger partial charge in [0.25, 0.3) is 10.1 Å². The highest BCUT2D eigenvalue weighted by molar-refractivity contribution is 7.85. The van der Waals surface area contributed by atoms with E-state index in [9.17, 15) is 27.7 Å². The Morgan fingerprint density at radius 3 is 1.68 bits per heavy atom. The number of rotatable bonds is 15. The summed E-state index contributed by atoms with van der Waals surface area (Å²) in [4.78, 5) is 43.4. The quantitative estimate of drug-likeness (QED) is 0.0918. The molecule has 0 bridgehead atoms. The number of hydrogen-bond donors (Lipinski definition) is 2. The molecule has 0 aliphatic carbocycles. The maximum Gasteiger partial charge on any atom is 0.333 e. The zero-order valence-corrected chi connectivity index (χ0v) is 24.7. The first-order chi connectivity index (χ1) is 15.7. The van der Waals surface area contributed by atoms with E-state index in [2.05, 4.69) is 13.2 Å². The lowest BCUT2D eigenvalue weighted by Crippen LogP contribution is -2.43. The predicted molar refractivity (Wildman–Crippen MR) is 140 cm³/mol. The van der Waals surface area contributed by atoms with E-state index in [1.807, 2.05) is 35.2 Å². The van der Waals surface area contributed by atoms with Crippen molar-refractivity contribution in [1.29, 1.82) is 0 Å². The average molecular weight is 577 g/mol. The van der Waals surface area contributed by atoms with Crippen LogP contribution in [0.1, 0.15) is 20.3 Å². The van der Waals surface area contributed by atoms with Crippen LogP contribution in [0.4, 0.5) is 0 Å². The number of likely N-dealkylation sites (N-methyl/N-ethyl adjacent to an activating group) is 2. The summed E-state index contributed by atoms with van der Waals surface area (Å²) < 4.78 is 40.5. The standard InChI is InChI=1S/C11H21NO5S.C11H21NO4P.2H2O/c1-10(2)11(13)17-8-7-12(3,4)6-5-9-18(14,15)16;1-9(2)11(14)16-6-7-17(15)10(13)8-12(3,4)5;;/h1,5-9H2,2-4H3;15H,1,6-8H2,2-5H3;2*1H2/q;+1;;/p-1. The van der Waals surface area contributed by atoms with Crippen molar-refractivity contribution in [3.63, 3.8) is 0 Å². The first-order valence-electron chi connectivity index (χ1n) is 10.9. The lowest BCUT2D eigenvalue weighted by Gasteiger charge is -2.29. The second-order valence-electron chi connectivity index (χ2n) is 9.82. The molecule has 1 atom stereocenters. The molecule has 1 unspecified atom stereocenters. The monoisotopic (exact) mass is 576 g/mol. The molecule has 0 saturated heterocycles. The summed E-state index contributed by atoms with van der Waals surface area (Å²) in [6.45, 7) is 11.8. The third kappa shape index (κ3) is 27.1. The molecule has 0 radical (unpaired) electrons. The van der Waals surface area contributed by atoms with Crippen LogP contribution >= 0.6 is 8.15 Å². The molecular weight excluding hydrogens is 531 g/mol. The number of carbonyl (C=O) groups is 3. The van der Waals surface area contributed by atoms with Gasteiger partial charge in [-0.3, -0.25) is 9.35 Å². The molecule has 4 N–H and O–H groups in total. The van der Waals surface area contributed by atoms with Crippen molar-refractivity contribution in [3.8, 4) is 0 Å². The number of quaternary nitrogens is 2. The summed E-state index contributed by atoms with van der Waals surface area (Å²) in [5.74, 6) is -1.17. The molecule has 0 amide bonds. The Morgan fingerprint density at radius 2 is 1.30 bits per heavy atom. The minimum atomic E-state index is -3.90. The average Bonchev–Trinajstić information content (AvgIpc) is 2.65. The Labute approximate surface area is 222 Å². The van der Waals surface area contributed by atoms with Crippen LogP contribution in [0.5, 0.6) is 0 Å². The van der Waals surface area contributed by atoms with Crippen LogP contribution in [0.15, 0.2) is 24.3 Å². The highest BCUT2D eigenvalue weighted by Gasteiger charge is 2.22. The molecule has 0 spiro atoms. The SMILES string of the molecule is C=C(C)C(=O)OCCP(O)C(=O)C[N+](C)(C)C.C=C(C)C(=O)OCC[N+](C)(C)CCCS(=O)(=O)O.[OH-].[OH-]. The molecule has 0 aromatic carbocycles. The molecule has 0 aliphatic heterocycles. The topological polar surface area (TPSA) is 204 Å². The van der Waals surface area contributed by atoms with Gasteiger partial charge in [-0.25, -0.2) is 9.59 Å². The smallest absolute Gasteiger partial charge is 0.333 e. The van der Waals surface area contributed by atoms with Crippen LogP contribution in [-0.2, 0) is 34.0 Å². The summed E-state index contributed by atoms with van der Waals surface area (Å²) in [5, 5.41) is 0. The van der Waals surface area contributed by atoms with Gasteiger partial charge in [0.1, 0.15) is 27.8 Å². The third-order valence-electron chi connectivity index (χ3n) is 4.23. The van der Waals surface area contributed by atoms with Gasteiger partial charge in [0, 0.05) is 23.7 Å². The largest absolute Gasteiger partial charge is 0.870 e. The summed E-state index contributed by atoms with van der Waals surface area (Å²) in [7, 11) is 3.82. The van der Waals surface area contributed by atoms with Crippen molar-refractivity contribution in [2.45, 2.75) is 20.3 Å². The maximum absolute atomic E-state index is 11.6. The first kappa shape index (κ1) is 42.3. The van der Waals surface area contributed by atoms with Crippen molar-refractivity contribution < 1.29 is 61.6 Å². The van der Waals surface area contributed by atoms with E-state index in [1.165, 1.54) is 0 Å². The molecule has 0 saturated carbocycles. The fourth-order valence-electron chi connectivity index (χ4n) is 2.26. The number of hydrogen-bond acceptors (Lipinski definition) is 10. The second kappa shape index (κ2) is 19.3. The lowest BCUT2D eigenvalue weighted by atomic mass is 10.3. The van der Waals surface area contributed by atoms with Gasteiger partial charge in [-0.05, 0) is 13.8 Å². The Morgan fingerprint density at radius 1 is 0.865 bits per heavy atom. The zero-order chi connectivity index (χ0) is 28.0. The third-order valence-corrected chi connectivity index (χ3v) is 6.35. The Hall–Kier alpha value is -1.77. The van der Waals surface area contributed by atoms with Gasteiger partial charge in [-0.15, -0.1) is 0 Å². The van der Waals surface area contributed by atoms with E-state index in [4.69, 9.17) is 14.0 Å². The van der Waals surface area contributed by atoms with E-state index in [-0.39, 0.29) is 48.2 Å². The van der Waals surface area contributed by atoms with Gasteiger partial charge < -0.3 is 34.3 Å². The summed E-state index contributed by atoms with van der Waals surface area (Å²) in [5.41, 5.74) is 0.482. The maximum atomic E-state index is 11.6. The minimum Gasteiger partial charge on any atom is -0.870 e. The van der Waals surface area contributed by atoms with Gasteiger partial charge in [-0.2, -0.15) is 8.42 Å². The second-order valence-corrected chi connectivity index (χ2v) is 13.1. The van der Waals surface area contributed by atoms with Crippen molar-refractivity contribution in [2.75, 3.05) is 80.0 Å². The first-order valence-corrected chi connectivity index (χ1v) is 14.0. The number of carbonyl (C=O) groups excluding carboxylic acids is 3. The van der Waals surface area contributed by atoms with Gasteiger partial charge in [0.15, 0.2) is 0 Å². The van der Waals surface area contributed by atoms with E-state index in [0.717, 1.165) is 0 Å². The fourth-order valence-corrected chi connectivity index (χ4v) is 3.85. The Balaban J connectivity index is -0.000000280. The fraction of sp³-hybridized carbons (Fsp3) is 0.682. The minimum absolute atomic E-state index is 0. The van der Waals surface area contributed by atoms with Crippen molar-refractivity contribution in [2.24, 2.45) is 0 Å². The molecule has 0 rings (SSSR count). The Bertz CT molecular complexity index is 853. The highest BCUT2D eigenvalue weighted by atomic mass is 32.2. The van der Waals surface area contributed by atoms with Gasteiger partial charge in [0.05, 0.1) is 54.1 Å². The van der Waals surface area contributed by atoms with Crippen molar-refractivity contribution in [3.05, 3.63) is 24.3 Å². The van der Waals surface area contributed by atoms with E-state index < -0.39 is 30.2 Å². The summed E-state index contributed by atoms with van der Waals surface area (Å²) in [6.07, 6.45) is 0.549. The van der Waals surface area contributed by atoms with Crippen LogP contribution in [0.25, 0.3) is 0 Å². The van der Waals surface area contributed by atoms with E-state index in [1.54, 1.807) is 13.8 Å². The number of nitrogens with zero attached hydrogens (tertiary/aromatic N) is 2. The molecule has 0 aromatic rings. The molecule has 37 heavy (non-hydrogen) atoms. The molecule has 0 heterocycles. The molecular formula is C22H45N2O11PS. The predicted octanol–water partition coefficient (Wildman–Crippen LogP) is 0.834. The molecule has 15 heteroatoms. The lowest BCUT2D eigenvalue weighted by molar-refractivity contribution is -0.890. The van der Waals surface area contributed by atoms with E-state index in [0.29, 0.717) is 39.6 Å². The highest BCUT2D eigenvalue weighted by Crippen LogP contribution is 2.31. The van der Waals surface area contributed by atoms with Gasteiger partial charge >= 0.3 is 11.9 Å². The molecule has 0 aliphatic rings. The van der Waals surface area contributed by atoms with Crippen LogP contribution in [0, 0.1) is 0 Å². The Kier molecular flexibility index (Phi) is 22.1. The van der Waals surface area contributed by atoms with E-state index >= 15 is 0 Å². The van der Waals surface area contributed by atoms with Crippen LogP contribution in [0.2, 0.25) is 0 Å². The molecule has 0 aromatic heterocycles. The van der Waals surface area contributed by atoms with Crippen LogP contribution in [-0.4, -0.2) is 135 Å².